The number of carbonyl (C=O) groups is 1. The van der Waals surface area contributed by atoms with Crippen molar-refractivity contribution in [3.63, 3.8) is 0 Å². The molecule has 7 nitrogen and oxygen atoms in total. The molecule has 0 radical (unpaired) electrons. The van der Waals surface area contributed by atoms with E-state index in [1.165, 1.54) is 0 Å². The van der Waals surface area contributed by atoms with Gasteiger partial charge in [-0.2, -0.15) is 0 Å². The third kappa shape index (κ3) is 3.00. The van der Waals surface area contributed by atoms with Crippen molar-refractivity contribution in [1.29, 1.82) is 0 Å². The third-order valence-corrected chi connectivity index (χ3v) is 4.10. The van der Waals surface area contributed by atoms with Gasteiger partial charge < -0.3 is 19.8 Å². The summed E-state index contributed by atoms with van der Waals surface area (Å²) in [6, 6.07) is 5.03. The molecule has 1 atom stereocenters. The number of aromatic nitrogens is 2. The van der Waals surface area contributed by atoms with E-state index in [9.17, 15) is 4.79 Å². The van der Waals surface area contributed by atoms with E-state index >= 15 is 0 Å². The summed E-state index contributed by atoms with van der Waals surface area (Å²) >= 11 is 0. The predicted molar refractivity (Wildman–Crippen MR) is 85.7 cm³/mol. The van der Waals surface area contributed by atoms with E-state index in [0.717, 1.165) is 11.4 Å². The maximum atomic E-state index is 12.7. The first-order valence-electron chi connectivity index (χ1n) is 7.36. The highest BCUT2D eigenvalue weighted by molar-refractivity contribution is 5.96. The van der Waals surface area contributed by atoms with Crippen LogP contribution in [-0.4, -0.2) is 48.1 Å². The normalized spacial score (nSPS) is 17.4. The van der Waals surface area contributed by atoms with Gasteiger partial charge in [0.1, 0.15) is 11.5 Å². The minimum atomic E-state index is -0.276. The lowest BCUT2D eigenvalue weighted by Gasteiger charge is -2.30. The molecule has 23 heavy (non-hydrogen) atoms. The van der Waals surface area contributed by atoms with Crippen molar-refractivity contribution in [3.05, 3.63) is 35.9 Å². The molecule has 2 aromatic rings. The average Bonchev–Trinajstić information content (AvgIpc) is 3.00. The minimum Gasteiger partial charge on any atom is -0.497 e. The smallest absolute Gasteiger partial charge is 0.242 e. The number of carbonyl (C=O) groups excluding carboxylic acids is 1. The molecular weight excluding hydrogens is 296 g/mol. The highest BCUT2D eigenvalue weighted by Crippen LogP contribution is 2.29. The van der Waals surface area contributed by atoms with Crippen LogP contribution in [-0.2, 0) is 17.8 Å². The van der Waals surface area contributed by atoms with Crippen LogP contribution in [0, 0.1) is 0 Å². The molecule has 1 aromatic carbocycles. The van der Waals surface area contributed by atoms with Gasteiger partial charge >= 0.3 is 0 Å². The Kier molecular flexibility index (Phi) is 4.20. The molecule has 1 amide bonds. The summed E-state index contributed by atoms with van der Waals surface area (Å²) < 4.78 is 10.5. The van der Waals surface area contributed by atoms with Crippen molar-refractivity contribution in [3.8, 4) is 11.5 Å². The summed E-state index contributed by atoms with van der Waals surface area (Å²) in [4.78, 5) is 22.1. The molecule has 2 N–H and O–H groups in total. The van der Waals surface area contributed by atoms with Crippen LogP contribution in [0.25, 0.3) is 0 Å². The molecule has 122 valence electrons. The largest absolute Gasteiger partial charge is 0.497 e. The fraction of sp³-hybridized carbons (Fsp3) is 0.375. The van der Waals surface area contributed by atoms with Crippen LogP contribution < -0.4 is 14.8 Å². The molecule has 0 unspecified atom stereocenters. The van der Waals surface area contributed by atoms with Crippen LogP contribution in [0.5, 0.6) is 11.5 Å². The van der Waals surface area contributed by atoms with E-state index in [1.54, 1.807) is 38.7 Å². The summed E-state index contributed by atoms with van der Waals surface area (Å²) in [5, 5.41) is 2.94. The Morgan fingerprint density at radius 2 is 2.22 bits per heavy atom. The van der Waals surface area contributed by atoms with Crippen molar-refractivity contribution < 1.29 is 14.3 Å². The van der Waals surface area contributed by atoms with Gasteiger partial charge in [0.2, 0.25) is 5.91 Å². The van der Waals surface area contributed by atoms with Crippen molar-refractivity contribution >= 4 is 11.6 Å². The van der Waals surface area contributed by atoms with Gasteiger partial charge in [-0.15, -0.1) is 0 Å². The molecule has 0 fully saturated rings. The summed E-state index contributed by atoms with van der Waals surface area (Å²) in [6.45, 7) is 0.669. The van der Waals surface area contributed by atoms with Gasteiger partial charge in [-0.3, -0.25) is 9.69 Å². The van der Waals surface area contributed by atoms with Crippen LogP contribution >= 0.6 is 0 Å². The SMILES string of the molecule is COc1ccc(OC)c(NC(=O)[C@@H]2Cc3nc[nH]c3CN2C)c1. The van der Waals surface area contributed by atoms with Crippen LogP contribution in [0.1, 0.15) is 11.4 Å². The Morgan fingerprint density at radius 3 is 2.96 bits per heavy atom. The Balaban J connectivity index is 1.79. The van der Waals surface area contributed by atoms with Gasteiger partial charge in [0.05, 0.1) is 43.7 Å². The van der Waals surface area contributed by atoms with Crippen molar-refractivity contribution in [2.75, 3.05) is 26.6 Å². The number of amides is 1. The number of fused-ring (bicyclic) bond motifs is 1. The Hall–Kier alpha value is -2.54. The molecule has 0 bridgehead atoms. The fourth-order valence-electron chi connectivity index (χ4n) is 2.78. The average molecular weight is 316 g/mol. The Morgan fingerprint density at radius 1 is 1.39 bits per heavy atom. The molecule has 0 saturated heterocycles. The molecule has 0 saturated carbocycles. The number of rotatable bonds is 4. The summed E-state index contributed by atoms with van der Waals surface area (Å²) in [6.07, 6.45) is 2.25. The molecular formula is C16H20N4O3. The quantitative estimate of drug-likeness (QED) is 0.892. The van der Waals surface area contributed by atoms with Gasteiger partial charge in [-0.1, -0.05) is 0 Å². The van der Waals surface area contributed by atoms with Crippen LogP contribution in [0.4, 0.5) is 5.69 Å². The van der Waals surface area contributed by atoms with E-state index in [-0.39, 0.29) is 11.9 Å². The van der Waals surface area contributed by atoms with E-state index in [1.807, 2.05) is 11.9 Å². The lowest BCUT2D eigenvalue weighted by atomic mass is 10.0. The first-order valence-corrected chi connectivity index (χ1v) is 7.36. The number of methoxy groups -OCH3 is 2. The van der Waals surface area contributed by atoms with Gasteiger partial charge in [0.15, 0.2) is 0 Å². The summed E-state index contributed by atoms with van der Waals surface area (Å²) in [7, 11) is 5.08. The first kappa shape index (κ1) is 15.4. The number of anilines is 1. The zero-order chi connectivity index (χ0) is 16.4. The second-order valence-corrected chi connectivity index (χ2v) is 5.52. The van der Waals surface area contributed by atoms with E-state index in [2.05, 4.69) is 15.3 Å². The number of nitrogens with zero attached hydrogens (tertiary/aromatic N) is 2. The van der Waals surface area contributed by atoms with Gasteiger partial charge in [-0.25, -0.2) is 4.98 Å². The number of H-pyrrole nitrogens is 1. The molecule has 7 heteroatoms. The third-order valence-electron chi connectivity index (χ3n) is 4.10. The van der Waals surface area contributed by atoms with Gasteiger partial charge in [0.25, 0.3) is 0 Å². The number of hydrogen-bond donors (Lipinski definition) is 2. The van der Waals surface area contributed by atoms with E-state index in [4.69, 9.17) is 9.47 Å². The standard InChI is InChI=1S/C16H20N4O3/c1-20-8-13-11(17-9-18-13)7-14(20)16(21)19-12-6-10(22-2)4-5-15(12)23-3/h4-6,9,14H,7-8H2,1-3H3,(H,17,18)(H,19,21)/t14-/m0/s1. The topological polar surface area (TPSA) is 79.5 Å². The molecule has 3 rings (SSSR count). The van der Waals surface area contributed by atoms with Crippen LogP contribution in [0.2, 0.25) is 0 Å². The molecule has 2 heterocycles. The van der Waals surface area contributed by atoms with E-state index < -0.39 is 0 Å². The van der Waals surface area contributed by atoms with E-state index in [0.29, 0.717) is 30.2 Å². The number of aromatic amines is 1. The zero-order valence-corrected chi connectivity index (χ0v) is 13.4. The molecule has 1 aliphatic rings. The second-order valence-electron chi connectivity index (χ2n) is 5.52. The van der Waals surface area contributed by atoms with Crippen molar-refractivity contribution in [1.82, 2.24) is 14.9 Å². The number of benzene rings is 1. The Bertz CT molecular complexity index is 713. The summed E-state index contributed by atoms with van der Waals surface area (Å²) in [5.74, 6) is 1.17. The second kappa shape index (κ2) is 6.29. The molecule has 0 aliphatic carbocycles. The number of ether oxygens (including phenoxy) is 2. The molecule has 1 aliphatic heterocycles. The number of hydrogen-bond acceptors (Lipinski definition) is 5. The molecule has 1 aromatic heterocycles. The number of nitrogens with one attached hydrogen (secondary N) is 2. The van der Waals surface area contributed by atoms with Crippen molar-refractivity contribution in [2.24, 2.45) is 0 Å². The fourth-order valence-corrected chi connectivity index (χ4v) is 2.78. The highest BCUT2D eigenvalue weighted by Gasteiger charge is 2.31. The number of likely N-dealkylation sites (N-methyl/N-ethyl adjacent to an activating group) is 1. The Labute approximate surface area is 134 Å². The number of imidazole rings is 1. The maximum absolute atomic E-state index is 12.7. The van der Waals surface area contributed by atoms with Gasteiger partial charge in [0, 0.05) is 19.0 Å². The maximum Gasteiger partial charge on any atom is 0.242 e. The van der Waals surface area contributed by atoms with Crippen LogP contribution in [0.15, 0.2) is 24.5 Å². The predicted octanol–water partition coefficient (Wildman–Crippen LogP) is 1.42. The summed E-state index contributed by atoms with van der Waals surface area (Å²) in [5.41, 5.74) is 2.61. The zero-order valence-electron chi connectivity index (χ0n) is 13.4. The highest BCUT2D eigenvalue weighted by atomic mass is 16.5. The van der Waals surface area contributed by atoms with Gasteiger partial charge in [-0.05, 0) is 19.2 Å². The first-order chi connectivity index (χ1) is 11.1. The lowest BCUT2D eigenvalue weighted by molar-refractivity contribution is -0.121. The lowest BCUT2D eigenvalue weighted by Crippen LogP contribution is -2.45. The van der Waals surface area contributed by atoms with Crippen LogP contribution in [0.3, 0.4) is 0 Å². The monoisotopic (exact) mass is 316 g/mol. The van der Waals surface area contributed by atoms with Crippen molar-refractivity contribution in [2.45, 2.75) is 19.0 Å². The molecule has 0 spiro atoms. The minimum absolute atomic E-state index is 0.0901.